The van der Waals surface area contributed by atoms with Crippen LogP contribution in [0.1, 0.15) is 26.5 Å². The number of halogens is 2. The number of ketones is 2. The number of carbonyl (C=O) groups is 2. The van der Waals surface area contributed by atoms with Crippen LogP contribution in [-0.4, -0.2) is 25.3 Å². The number of hydrogen-bond acceptors (Lipinski definition) is 6. The lowest BCUT2D eigenvalue weighted by atomic mass is 9.91. The monoisotopic (exact) mass is 349 g/mol. The second-order valence-corrected chi connectivity index (χ2v) is 4.93. The van der Waals surface area contributed by atoms with Crippen molar-refractivity contribution in [2.24, 2.45) is 5.92 Å². The molecule has 0 bridgehead atoms. The van der Waals surface area contributed by atoms with Gasteiger partial charge in [0, 0.05) is 5.56 Å². The van der Waals surface area contributed by atoms with Crippen molar-refractivity contribution in [3.05, 3.63) is 47.4 Å². The van der Waals surface area contributed by atoms with Crippen LogP contribution in [0.5, 0.6) is 11.5 Å². The minimum atomic E-state index is -3.12. The summed E-state index contributed by atoms with van der Waals surface area (Å²) >= 11 is 0. The number of hydrogen-bond donors (Lipinski definition) is 0. The van der Waals surface area contributed by atoms with Crippen LogP contribution in [0.25, 0.3) is 0 Å². The first-order valence-electron chi connectivity index (χ1n) is 7.04. The highest BCUT2D eigenvalue weighted by Gasteiger charge is 2.31. The van der Waals surface area contributed by atoms with Gasteiger partial charge in [-0.05, 0) is 31.2 Å². The van der Waals surface area contributed by atoms with Gasteiger partial charge in [0.2, 0.25) is 0 Å². The molecule has 0 aliphatic heterocycles. The van der Waals surface area contributed by atoms with E-state index in [9.17, 15) is 23.6 Å². The molecule has 2 aromatic rings. The Morgan fingerprint density at radius 1 is 1.20 bits per heavy atom. The fourth-order valence-corrected chi connectivity index (χ4v) is 2.22. The van der Waals surface area contributed by atoms with Crippen LogP contribution in [0.4, 0.5) is 8.78 Å². The van der Waals surface area contributed by atoms with E-state index in [-0.39, 0.29) is 28.4 Å². The molecule has 0 aliphatic rings. The van der Waals surface area contributed by atoms with Gasteiger partial charge in [-0.1, -0.05) is 0 Å². The molecular weight excluding hydrogens is 336 g/mol. The van der Waals surface area contributed by atoms with Crippen LogP contribution in [0, 0.1) is 24.2 Å². The quantitative estimate of drug-likeness (QED) is 0.562. The maximum Gasteiger partial charge on any atom is 0.387 e. The van der Waals surface area contributed by atoms with Crippen LogP contribution >= 0.6 is 0 Å². The average Bonchev–Trinajstić information content (AvgIpc) is 3.00. The van der Waals surface area contributed by atoms with Crippen molar-refractivity contribution in [1.29, 1.82) is 5.26 Å². The topological polar surface area (TPSA) is 89.5 Å². The van der Waals surface area contributed by atoms with Crippen LogP contribution < -0.4 is 9.47 Å². The number of ether oxygens (including phenoxy) is 2. The molecule has 0 unspecified atom stereocenters. The van der Waals surface area contributed by atoms with Crippen LogP contribution in [0.2, 0.25) is 0 Å². The van der Waals surface area contributed by atoms with E-state index in [1.165, 1.54) is 38.5 Å². The first-order chi connectivity index (χ1) is 11.9. The highest BCUT2D eigenvalue weighted by Crippen LogP contribution is 2.30. The van der Waals surface area contributed by atoms with Gasteiger partial charge in [0.15, 0.2) is 29.0 Å². The molecule has 1 atom stereocenters. The first-order valence-corrected chi connectivity index (χ1v) is 7.04. The van der Waals surface area contributed by atoms with Gasteiger partial charge in [0.1, 0.15) is 5.76 Å². The van der Waals surface area contributed by atoms with Crippen molar-refractivity contribution in [3.63, 3.8) is 0 Å². The number of aryl methyl sites for hydroxylation is 1. The SMILES string of the molecule is COc1ccc(C(=O)[C@@H](C#N)C(=O)c2ccoc2C)cc1OC(F)F. The van der Waals surface area contributed by atoms with Gasteiger partial charge in [-0.2, -0.15) is 14.0 Å². The Balaban J connectivity index is 2.36. The van der Waals surface area contributed by atoms with Gasteiger partial charge in [-0.25, -0.2) is 0 Å². The molecule has 25 heavy (non-hydrogen) atoms. The van der Waals surface area contributed by atoms with Crippen LogP contribution in [0.15, 0.2) is 34.9 Å². The zero-order chi connectivity index (χ0) is 18.6. The molecule has 2 rings (SSSR count). The van der Waals surface area contributed by atoms with Gasteiger partial charge < -0.3 is 13.9 Å². The molecule has 8 heteroatoms. The number of alkyl halides is 2. The zero-order valence-corrected chi connectivity index (χ0v) is 13.3. The molecule has 1 aromatic carbocycles. The number of Topliss-reactive ketones (excluding diaryl/α,β-unsaturated/α-hetero) is 2. The molecule has 0 radical (unpaired) electrons. The standard InChI is InChI=1S/C17H13F2NO5/c1-9-11(5-6-24-9)16(22)12(8-20)15(21)10-3-4-13(23-2)14(7-10)25-17(18)19/h3-7,12,17H,1-2H3/t12-/m1/s1. The molecule has 0 amide bonds. The van der Waals surface area contributed by atoms with Crippen LogP contribution in [0.3, 0.4) is 0 Å². The molecule has 130 valence electrons. The summed E-state index contributed by atoms with van der Waals surface area (Å²) in [7, 11) is 1.25. The predicted octanol–water partition coefficient (Wildman–Crippen LogP) is 3.40. The van der Waals surface area contributed by atoms with Gasteiger partial charge in [0.25, 0.3) is 0 Å². The van der Waals surface area contributed by atoms with E-state index in [1.807, 2.05) is 0 Å². The smallest absolute Gasteiger partial charge is 0.387 e. The summed E-state index contributed by atoms with van der Waals surface area (Å²) in [6.45, 7) is -1.60. The van der Waals surface area contributed by atoms with Gasteiger partial charge in [-0.3, -0.25) is 9.59 Å². The van der Waals surface area contributed by atoms with Crippen LogP contribution in [-0.2, 0) is 0 Å². The molecule has 0 aliphatic carbocycles. The lowest BCUT2D eigenvalue weighted by Gasteiger charge is -2.12. The number of methoxy groups -OCH3 is 1. The fraction of sp³-hybridized carbons (Fsp3) is 0.235. The Labute approximate surface area is 141 Å². The number of carbonyl (C=O) groups excluding carboxylic acids is 2. The van der Waals surface area contributed by atoms with E-state index >= 15 is 0 Å². The number of nitrogens with zero attached hydrogens (tertiary/aromatic N) is 1. The fourth-order valence-electron chi connectivity index (χ4n) is 2.22. The molecule has 0 fully saturated rings. The van der Waals surface area contributed by atoms with E-state index in [1.54, 1.807) is 6.07 Å². The van der Waals surface area contributed by atoms with Crippen molar-refractivity contribution in [3.8, 4) is 17.6 Å². The second kappa shape index (κ2) is 7.57. The third-order valence-electron chi connectivity index (χ3n) is 3.44. The highest BCUT2D eigenvalue weighted by molar-refractivity contribution is 6.18. The Kier molecular flexibility index (Phi) is 5.49. The molecule has 0 saturated heterocycles. The minimum absolute atomic E-state index is 0.0117. The molecule has 1 aromatic heterocycles. The average molecular weight is 349 g/mol. The third-order valence-corrected chi connectivity index (χ3v) is 3.44. The van der Waals surface area contributed by atoms with Crippen molar-refractivity contribution in [1.82, 2.24) is 0 Å². The van der Waals surface area contributed by atoms with Gasteiger partial charge >= 0.3 is 6.61 Å². The number of furan rings is 1. The highest BCUT2D eigenvalue weighted by atomic mass is 19.3. The third kappa shape index (κ3) is 3.83. The lowest BCUT2D eigenvalue weighted by molar-refractivity contribution is -0.0512. The number of benzene rings is 1. The Hall–Kier alpha value is -3.21. The second-order valence-electron chi connectivity index (χ2n) is 4.93. The van der Waals surface area contributed by atoms with E-state index in [2.05, 4.69) is 4.74 Å². The summed E-state index contributed by atoms with van der Waals surface area (Å²) in [6, 6.07) is 6.51. The summed E-state index contributed by atoms with van der Waals surface area (Å²) in [6.07, 6.45) is 1.27. The molecular formula is C17H13F2NO5. The maximum absolute atomic E-state index is 12.5. The summed E-state index contributed by atoms with van der Waals surface area (Å²) in [5.74, 6) is -3.31. The predicted molar refractivity (Wildman–Crippen MR) is 80.8 cm³/mol. The first kappa shape index (κ1) is 18.1. The Morgan fingerprint density at radius 2 is 1.92 bits per heavy atom. The molecule has 0 spiro atoms. The normalized spacial score (nSPS) is 11.7. The van der Waals surface area contributed by atoms with Crippen molar-refractivity contribution < 1.29 is 32.3 Å². The molecule has 6 nitrogen and oxygen atoms in total. The van der Waals surface area contributed by atoms with E-state index in [4.69, 9.17) is 9.15 Å². The largest absolute Gasteiger partial charge is 0.493 e. The number of nitriles is 1. The van der Waals surface area contributed by atoms with Crippen molar-refractivity contribution >= 4 is 11.6 Å². The van der Waals surface area contributed by atoms with Crippen molar-refractivity contribution in [2.45, 2.75) is 13.5 Å². The summed E-state index contributed by atoms with van der Waals surface area (Å²) in [5, 5.41) is 9.24. The molecule has 1 heterocycles. The maximum atomic E-state index is 12.5. The van der Waals surface area contributed by atoms with Crippen molar-refractivity contribution in [2.75, 3.05) is 7.11 Å². The lowest BCUT2D eigenvalue weighted by Crippen LogP contribution is -2.23. The van der Waals surface area contributed by atoms with E-state index < -0.39 is 24.1 Å². The summed E-state index contributed by atoms with van der Waals surface area (Å²) in [5.41, 5.74) is -0.0186. The van der Waals surface area contributed by atoms with E-state index in [0.29, 0.717) is 0 Å². The Morgan fingerprint density at radius 3 is 2.44 bits per heavy atom. The summed E-state index contributed by atoms with van der Waals surface area (Å²) in [4.78, 5) is 24.9. The van der Waals surface area contributed by atoms with Gasteiger partial charge in [-0.15, -0.1) is 0 Å². The molecule has 0 N–H and O–H groups in total. The zero-order valence-electron chi connectivity index (χ0n) is 13.3. The Bertz CT molecular complexity index is 838. The van der Waals surface area contributed by atoms with E-state index in [0.717, 1.165) is 6.07 Å². The molecule has 0 saturated carbocycles. The number of rotatable bonds is 7. The summed E-state index contributed by atoms with van der Waals surface area (Å²) < 4.78 is 39.1. The van der Waals surface area contributed by atoms with Gasteiger partial charge in [0.05, 0.1) is 25.0 Å². The minimum Gasteiger partial charge on any atom is -0.493 e.